The van der Waals surface area contributed by atoms with Crippen LogP contribution in [0.1, 0.15) is 52.9 Å². The predicted octanol–water partition coefficient (Wildman–Crippen LogP) is 6.28. The summed E-state index contributed by atoms with van der Waals surface area (Å²) < 4.78 is 22.1. The summed E-state index contributed by atoms with van der Waals surface area (Å²) in [6.07, 6.45) is 5.31. The first kappa shape index (κ1) is 29.3. The van der Waals surface area contributed by atoms with Gasteiger partial charge in [0.15, 0.2) is 11.5 Å². The van der Waals surface area contributed by atoms with Crippen LogP contribution in [0.5, 0.6) is 11.5 Å². The molecule has 1 saturated heterocycles. The van der Waals surface area contributed by atoms with Gasteiger partial charge in [-0.1, -0.05) is 35.3 Å². The summed E-state index contributed by atoms with van der Waals surface area (Å²) in [5.41, 5.74) is 4.77. The molecule has 3 aliphatic rings. The Kier molecular flexibility index (Phi) is 7.00. The van der Waals surface area contributed by atoms with Crippen LogP contribution in [0.15, 0.2) is 61.2 Å². The molecular formula is C34H32Cl2N6O4. The van der Waals surface area contributed by atoms with E-state index in [1.807, 2.05) is 43.7 Å². The van der Waals surface area contributed by atoms with Gasteiger partial charge >= 0.3 is 5.97 Å². The van der Waals surface area contributed by atoms with Crippen LogP contribution in [0.25, 0.3) is 11.0 Å². The molecular weight excluding hydrogens is 627 g/mol. The van der Waals surface area contributed by atoms with E-state index in [0.29, 0.717) is 57.7 Å². The van der Waals surface area contributed by atoms with Crippen molar-refractivity contribution < 1.29 is 19.0 Å². The first-order valence-electron chi connectivity index (χ1n) is 15.4. The molecule has 5 heterocycles. The Bertz CT molecular complexity index is 1980. The number of nitrogens with zero attached hydrogens (tertiary/aromatic N) is 6. The Morgan fingerprint density at radius 3 is 2.65 bits per heavy atom. The number of esters is 1. The number of methoxy groups -OCH3 is 1. The number of piperidine rings is 1. The quantitative estimate of drug-likeness (QED) is 0.180. The van der Waals surface area contributed by atoms with E-state index in [9.17, 15) is 4.79 Å². The molecule has 1 aliphatic carbocycles. The largest absolute Gasteiger partial charge is 0.465 e. The van der Waals surface area contributed by atoms with Crippen molar-refractivity contribution in [2.45, 2.75) is 45.2 Å². The molecule has 0 bridgehead atoms. The molecule has 3 unspecified atom stereocenters. The van der Waals surface area contributed by atoms with E-state index in [2.05, 4.69) is 37.0 Å². The number of likely N-dealkylation sites (tertiary alicyclic amines) is 1. The molecule has 3 aromatic heterocycles. The second-order valence-corrected chi connectivity index (χ2v) is 13.2. The van der Waals surface area contributed by atoms with Crippen molar-refractivity contribution in [2.24, 2.45) is 11.8 Å². The average Bonchev–Trinajstić information content (AvgIpc) is 3.54. The van der Waals surface area contributed by atoms with Crippen LogP contribution in [0, 0.1) is 11.8 Å². The zero-order valence-electron chi connectivity index (χ0n) is 25.6. The lowest BCUT2D eigenvalue weighted by Gasteiger charge is -2.23. The van der Waals surface area contributed by atoms with E-state index < -0.39 is 11.8 Å². The average molecular weight is 660 g/mol. The Balaban J connectivity index is 1.04. The van der Waals surface area contributed by atoms with Crippen LogP contribution < -0.4 is 9.47 Å². The zero-order chi connectivity index (χ0) is 31.7. The van der Waals surface area contributed by atoms with Crippen LogP contribution in [0.3, 0.4) is 0 Å². The van der Waals surface area contributed by atoms with Gasteiger partial charge in [0.2, 0.25) is 0 Å². The number of carbonyl (C=O) groups excluding carboxylic acids is 1. The normalized spacial score (nSPS) is 23.2. The van der Waals surface area contributed by atoms with Crippen molar-refractivity contribution in [1.82, 2.24) is 29.0 Å². The van der Waals surface area contributed by atoms with Gasteiger partial charge in [-0.2, -0.15) is 0 Å². The maximum atomic E-state index is 12.4. The van der Waals surface area contributed by atoms with E-state index in [4.69, 9.17) is 42.4 Å². The molecule has 2 aliphatic heterocycles. The van der Waals surface area contributed by atoms with Crippen molar-refractivity contribution in [2.75, 3.05) is 20.2 Å². The number of hydrogen-bond donors (Lipinski definition) is 0. The topological polar surface area (TPSA) is 96.5 Å². The summed E-state index contributed by atoms with van der Waals surface area (Å²) in [4.78, 5) is 28.7. The van der Waals surface area contributed by atoms with Gasteiger partial charge in [0.25, 0.3) is 5.79 Å². The van der Waals surface area contributed by atoms with Gasteiger partial charge in [0.05, 0.1) is 53.3 Å². The summed E-state index contributed by atoms with van der Waals surface area (Å²) in [6, 6.07) is 13.2. The van der Waals surface area contributed by atoms with Gasteiger partial charge in [0, 0.05) is 44.5 Å². The standard InChI is InChI=1S/C34H32Cl2N6O4/c1-4-41-18-37-13-21(41)14-42-26-11-19(33(43)44-3)10-25(36)31(26)39-29(42)17-40-15-23-24(16-40)30(23)22-6-5-7-27-32(22)46-34(2,45-27)28-9-8-20(35)12-38-28/h5-13,18,23-24,30H,4,14-17H2,1-3H3. The van der Waals surface area contributed by atoms with Gasteiger partial charge in [-0.3, -0.25) is 9.88 Å². The number of aromatic nitrogens is 5. The highest BCUT2D eigenvalue weighted by molar-refractivity contribution is 6.35. The molecule has 12 heteroatoms. The molecule has 3 atom stereocenters. The molecule has 0 radical (unpaired) electrons. The second kappa shape index (κ2) is 11.0. The summed E-state index contributed by atoms with van der Waals surface area (Å²) in [5, 5.41) is 0.989. The number of benzene rings is 2. The van der Waals surface area contributed by atoms with E-state index in [-0.39, 0.29) is 0 Å². The molecule has 5 aromatic rings. The minimum absolute atomic E-state index is 0.394. The molecule has 0 N–H and O–H groups in total. The first-order valence-corrected chi connectivity index (χ1v) is 16.1. The Morgan fingerprint density at radius 2 is 1.91 bits per heavy atom. The van der Waals surface area contributed by atoms with Crippen LogP contribution in [0.2, 0.25) is 10.0 Å². The predicted molar refractivity (Wildman–Crippen MR) is 172 cm³/mol. The molecule has 8 rings (SSSR count). The van der Waals surface area contributed by atoms with Crippen LogP contribution >= 0.6 is 23.2 Å². The summed E-state index contributed by atoms with van der Waals surface area (Å²) in [6.45, 7) is 7.87. The zero-order valence-corrected chi connectivity index (χ0v) is 27.1. The lowest BCUT2D eigenvalue weighted by Crippen LogP contribution is -2.32. The number of para-hydroxylation sites is 1. The van der Waals surface area contributed by atoms with E-state index in [1.54, 1.807) is 18.3 Å². The molecule has 0 amide bonds. The lowest BCUT2D eigenvalue weighted by molar-refractivity contribution is -0.0721. The Hall–Kier alpha value is -4.12. The van der Waals surface area contributed by atoms with Gasteiger partial charge in [0.1, 0.15) is 17.0 Å². The number of fused-ring (bicyclic) bond motifs is 3. The molecule has 1 saturated carbocycles. The smallest absolute Gasteiger partial charge is 0.337 e. The SMILES string of the molecule is CCn1cncc1Cn1c(CN2CC3C(C2)C3c2cccc3c2OC(C)(c2ccc(Cl)cn2)O3)nc2c(Cl)cc(C(=O)OC)cc21. The number of imidazole rings is 2. The van der Waals surface area contributed by atoms with Gasteiger partial charge in [-0.15, -0.1) is 0 Å². The summed E-state index contributed by atoms with van der Waals surface area (Å²) >= 11 is 12.8. The number of hydrogen-bond acceptors (Lipinski definition) is 8. The number of aryl methyl sites for hydroxylation is 1. The van der Waals surface area contributed by atoms with Crippen molar-refractivity contribution in [3.05, 3.63) is 99.6 Å². The van der Waals surface area contributed by atoms with Crippen LogP contribution in [-0.4, -0.2) is 55.2 Å². The van der Waals surface area contributed by atoms with Crippen molar-refractivity contribution in [3.8, 4) is 11.5 Å². The van der Waals surface area contributed by atoms with Gasteiger partial charge in [-0.25, -0.2) is 14.8 Å². The third kappa shape index (κ3) is 4.82. The third-order valence-corrected chi connectivity index (χ3v) is 10.1. The van der Waals surface area contributed by atoms with Crippen molar-refractivity contribution >= 4 is 40.2 Å². The van der Waals surface area contributed by atoms with Crippen LogP contribution in [-0.2, 0) is 30.2 Å². The maximum absolute atomic E-state index is 12.4. The molecule has 236 valence electrons. The highest BCUT2D eigenvalue weighted by Crippen LogP contribution is 2.62. The van der Waals surface area contributed by atoms with E-state index in [1.165, 1.54) is 12.7 Å². The summed E-state index contributed by atoms with van der Waals surface area (Å²) in [7, 11) is 1.37. The van der Waals surface area contributed by atoms with E-state index in [0.717, 1.165) is 48.2 Å². The summed E-state index contributed by atoms with van der Waals surface area (Å²) in [5.74, 6) is 2.39. The van der Waals surface area contributed by atoms with Crippen LogP contribution in [0.4, 0.5) is 0 Å². The monoisotopic (exact) mass is 658 g/mol. The van der Waals surface area contributed by atoms with Crippen molar-refractivity contribution in [1.29, 1.82) is 0 Å². The first-order chi connectivity index (χ1) is 22.3. The molecule has 2 fully saturated rings. The minimum atomic E-state index is -1.01. The molecule has 10 nitrogen and oxygen atoms in total. The van der Waals surface area contributed by atoms with Gasteiger partial charge < -0.3 is 23.3 Å². The molecule has 46 heavy (non-hydrogen) atoms. The number of rotatable bonds is 8. The third-order valence-electron chi connectivity index (χ3n) is 9.56. The minimum Gasteiger partial charge on any atom is -0.465 e. The lowest BCUT2D eigenvalue weighted by atomic mass is 10.0. The van der Waals surface area contributed by atoms with Gasteiger partial charge in [-0.05, 0) is 55.0 Å². The number of pyridine rings is 1. The fourth-order valence-corrected chi connectivity index (χ4v) is 7.62. The van der Waals surface area contributed by atoms with E-state index >= 15 is 0 Å². The molecule has 2 aromatic carbocycles. The maximum Gasteiger partial charge on any atom is 0.337 e. The molecule has 0 spiro atoms. The highest BCUT2D eigenvalue weighted by atomic mass is 35.5. The Labute approximate surface area is 275 Å². The fraction of sp³-hybridized carbons (Fsp3) is 0.353. The number of halogens is 2. The fourth-order valence-electron chi connectivity index (χ4n) is 7.25. The number of carbonyl (C=O) groups is 1. The Morgan fingerprint density at radius 1 is 1.09 bits per heavy atom. The number of ether oxygens (including phenoxy) is 3. The second-order valence-electron chi connectivity index (χ2n) is 12.3. The highest BCUT2D eigenvalue weighted by Gasteiger charge is 2.58. The van der Waals surface area contributed by atoms with Crippen molar-refractivity contribution in [3.63, 3.8) is 0 Å².